The van der Waals surface area contributed by atoms with Crippen LogP contribution in [0.5, 0.6) is 0 Å². The Morgan fingerprint density at radius 3 is 0.750 bits per heavy atom. The predicted octanol–water partition coefficient (Wildman–Crippen LogP) is 27.3. The van der Waals surface area contributed by atoms with Crippen LogP contribution in [-0.2, 0) is 19.1 Å². The molecule has 0 radical (unpaired) electrons. The van der Waals surface area contributed by atoms with Crippen LogP contribution in [0.1, 0.15) is 399 Å². The maximum absolute atomic E-state index is 12.4. The Bertz CT molecular complexity index is 1630. The zero-order valence-electron chi connectivity index (χ0n) is 58.7. The summed E-state index contributed by atoms with van der Waals surface area (Å²) in [4.78, 5) is 24.7. The van der Waals surface area contributed by atoms with Crippen molar-refractivity contribution in [1.29, 1.82) is 0 Å². The van der Waals surface area contributed by atoms with E-state index in [-0.39, 0.29) is 25.2 Å². The number of unbranched alkanes of at least 4 members (excludes halogenated alkanes) is 48. The second-order valence-corrected chi connectivity index (χ2v) is 26.1. The molecule has 0 aromatic carbocycles. The van der Waals surface area contributed by atoms with E-state index in [9.17, 15) is 14.7 Å². The summed E-state index contributed by atoms with van der Waals surface area (Å²) in [5.74, 6) is -0.572. The van der Waals surface area contributed by atoms with Crippen LogP contribution in [0.3, 0.4) is 0 Å². The molecule has 0 saturated heterocycles. The van der Waals surface area contributed by atoms with Crippen LogP contribution in [0.15, 0.2) is 97.2 Å². The van der Waals surface area contributed by atoms with Gasteiger partial charge in [0.15, 0.2) is 6.10 Å². The average molecular weight is 1230 g/mol. The van der Waals surface area contributed by atoms with Gasteiger partial charge in [-0.1, -0.05) is 387 Å². The molecule has 1 N–H and O–H groups in total. The van der Waals surface area contributed by atoms with E-state index in [1.165, 1.54) is 289 Å². The summed E-state index contributed by atoms with van der Waals surface area (Å²) in [5, 5.41) is 9.73. The van der Waals surface area contributed by atoms with Crippen LogP contribution < -0.4 is 0 Å². The molecule has 0 aromatic rings. The molecule has 0 saturated carbocycles. The summed E-state index contributed by atoms with van der Waals surface area (Å²) >= 11 is 0. The highest BCUT2D eigenvalue weighted by atomic mass is 16.6. The number of carbonyl (C=O) groups excluding carboxylic acids is 2. The maximum Gasteiger partial charge on any atom is 0.306 e. The van der Waals surface area contributed by atoms with Crippen molar-refractivity contribution < 1.29 is 24.2 Å². The second-order valence-electron chi connectivity index (χ2n) is 26.1. The Morgan fingerprint density at radius 2 is 0.489 bits per heavy atom. The first kappa shape index (κ1) is 84.8. The van der Waals surface area contributed by atoms with E-state index in [1.807, 2.05) is 0 Å². The Labute approximate surface area is 548 Å². The zero-order valence-corrected chi connectivity index (χ0v) is 58.7. The fourth-order valence-corrected chi connectivity index (χ4v) is 11.6. The third-order valence-electron chi connectivity index (χ3n) is 17.4. The number of allylic oxidation sites excluding steroid dienone is 16. The molecular formula is C83H148O5. The van der Waals surface area contributed by atoms with Gasteiger partial charge >= 0.3 is 11.9 Å². The van der Waals surface area contributed by atoms with E-state index < -0.39 is 6.10 Å². The van der Waals surface area contributed by atoms with Crippen molar-refractivity contribution in [2.45, 2.75) is 405 Å². The minimum Gasteiger partial charge on any atom is -0.462 e. The van der Waals surface area contributed by atoms with Gasteiger partial charge in [-0.2, -0.15) is 0 Å². The van der Waals surface area contributed by atoms with E-state index in [0.29, 0.717) is 12.8 Å². The lowest BCUT2D eigenvalue weighted by Crippen LogP contribution is -2.28. The number of carbonyl (C=O) groups is 2. The SMILES string of the molecule is CC/C=C\C/C=C\C/C=C\C/C=C\C/C=C\C/C=C\C/C=C\CCCCCCCCCCCCCCCCCCCC(=O)OC(CO)COC(=O)CCCCCCCCCCCCCCCCCCCCCCCCC/C=C\CCCCCCCCCC. The lowest BCUT2D eigenvalue weighted by Gasteiger charge is -2.15. The van der Waals surface area contributed by atoms with Crippen molar-refractivity contribution >= 4 is 11.9 Å². The third-order valence-corrected chi connectivity index (χ3v) is 17.4. The fraction of sp³-hybridized carbons (Fsp3) is 0.783. The molecule has 0 aliphatic carbocycles. The first-order chi connectivity index (χ1) is 43.6. The molecule has 0 amide bonds. The molecule has 0 fully saturated rings. The van der Waals surface area contributed by atoms with Crippen LogP contribution >= 0.6 is 0 Å². The number of ether oxygens (including phenoxy) is 2. The molecule has 510 valence electrons. The van der Waals surface area contributed by atoms with Gasteiger partial charge in [-0.05, 0) is 96.3 Å². The topological polar surface area (TPSA) is 72.8 Å². The summed E-state index contributed by atoms with van der Waals surface area (Å²) < 4.78 is 10.8. The first-order valence-corrected chi connectivity index (χ1v) is 38.8. The molecule has 1 unspecified atom stereocenters. The molecule has 0 spiro atoms. The van der Waals surface area contributed by atoms with Gasteiger partial charge in [-0.25, -0.2) is 0 Å². The third kappa shape index (κ3) is 75.3. The maximum atomic E-state index is 12.4. The minimum atomic E-state index is -0.775. The van der Waals surface area contributed by atoms with E-state index in [1.54, 1.807) is 0 Å². The Kier molecular flexibility index (Phi) is 75.2. The molecule has 0 aliphatic heterocycles. The van der Waals surface area contributed by atoms with Crippen molar-refractivity contribution in [2.24, 2.45) is 0 Å². The quantitative estimate of drug-likeness (QED) is 0.0373. The van der Waals surface area contributed by atoms with Gasteiger partial charge in [0.05, 0.1) is 6.61 Å². The lowest BCUT2D eigenvalue weighted by molar-refractivity contribution is -0.161. The standard InChI is InChI=1S/C83H148O5/c1-3-5-7-9-11-13-15-17-19-21-23-25-27-29-31-33-35-37-39-40-41-42-44-46-48-50-52-54-56-58-60-62-64-66-68-70-72-74-76-78-83(86)88-81(79-84)80-87-82(85)77-75-73-71-69-67-65-63-61-59-57-55-53-51-49-47-45-43-38-36-34-32-30-28-26-24-22-20-18-16-14-12-10-8-6-4-2/h5,7,11,13,17,19,22-25,29,31,35,37,40-41,81,84H,3-4,6,8-10,12,14-16,18,20-21,26-28,30,32-34,36,38-39,42-80H2,1-2H3/b7-5-,13-11-,19-17-,24-22-,25-23-,31-29-,37-35-,41-40-. The molecule has 0 aromatic heterocycles. The summed E-state index contributed by atoms with van der Waals surface area (Å²) in [6.07, 6.45) is 112. The summed E-state index contributed by atoms with van der Waals surface area (Å²) in [7, 11) is 0. The molecule has 0 heterocycles. The first-order valence-electron chi connectivity index (χ1n) is 38.8. The average Bonchev–Trinajstić information content (AvgIpc) is 3.54. The van der Waals surface area contributed by atoms with E-state index in [2.05, 4.69) is 111 Å². The van der Waals surface area contributed by atoms with E-state index in [0.717, 1.165) is 83.5 Å². The van der Waals surface area contributed by atoms with E-state index in [4.69, 9.17) is 9.47 Å². The van der Waals surface area contributed by atoms with Crippen molar-refractivity contribution in [1.82, 2.24) is 0 Å². The monoisotopic (exact) mass is 1230 g/mol. The van der Waals surface area contributed by atoms with Gasteiger partial charge in [-0.3, -0.25) is 9.59 Å². The van der Waals surface area contributed by atoms with Crippen molar-refractivity contribution in [3.05, 3.63) is 97.2 Å². The lowest BCUT2D eigenvalue weighted by atomic mass is 10.0. The van der Waals surface area contributed by atoms with Crippen LogP contribution in [0, 0.1) is 0 Å². The smallest absolute Gasteiger partial charge is 0.306 e. The Morgan fingerprint density at radius 1 is 0.273 bits per heavy atom. The predicted molar refractivity (Wildman–Crippen MR) is 389 cm³/mol. The van der Waals surface area contributed by atoms with Gasteiger partial charge in [0.2, 0.25) is 0 Å². The Balaban J connectivity index is 3.42. The number of aliphatic hydroxyl groups is 1. The van der Waals surface area contributed by atoms with Gasteiger partial charge in [-0.15, -0.1) is 0 Å². The number of hydrogen-bond donors (Lipinski definition) is 1. The molecule has 0 aliphatic rings. The molecule has 5 heteroatoms. The highest BCUT2D eigenvalue weighted by molar-refractivity contribution is 5.70. The van der Waals surface area contributed by atoms with E-state index >= 15 is 0 Å². The number of esters is 2. The minimum absolute atomic E-state index is 0.0631. The summed E-state index contributed by atoms with van der Waals surface area (Å²) in [6.45, 7) is 4.08. The molecule has 1 atom stereocenters. The number of hydrogen-bond acceptors (Lipinski definition) is 5. The van der Waals surface area contributed by atoms with Crippen LogP contribution in [-0.4, -0.2) is 36.4 Å². The van der Waals surface area contributed by atoms with Crippen molar-refractivity contribution in [3.8, 4) is 0 Å². The van der Waals surface area contributed by atoms with Crippen LogP contribution in [0.4, 0.5) is 0 Å². The van der Waals surface area contributed by atoms with Crippen LogP contribution in [0.2, 0.25) is 0 Å². The van der Waals surface area contributed by atoms with Crippen molar-refractivity contribution in [3.63, 3.8) is 0 Å². The second kappa shape index (κ2) is 78.1. The fourth-order valence-electron chi connectivity index (χ4n) is 11.6. The largest absolute Gasteiger partial charge is 0.462 e. The normalized spacial score (nSPS) is 12.7. The Hall–Kier alpha value is -3.18. The highest BCUT2D eigenvalue weighted by Gasteiger charge is 2.16. The molecule has 5 nitrogen and oxygen atoms in total. The molecule has 88 heavy (non-hydrogen) atoms. The summed E-state index contributed by atoms with van der Waals surface area (Å²) in [6, 6.07) is 0. The number of rotatable bonds is 72. The molecular weight excluding hydrogens is 1080 g/mol. The van der Waals surface area contributed by atoms with Gasteiger partial charge in [0.25, 0.3) is 0 Å². The van der Waals surface area contributed by atoms with Gasteiger partial charge in [0.1, 0.15) is 6.61 Å². The number of aliphatic hydroxyl groups excluding tert-OH is 1. The van der Waals surface area contributed by atoms with Gasteiger partial charge < -0.3 is 14.6 Å². The van der Waals surface area contributed by atoms with Gasteiger partial charge in [0, 0.05) is 12.8 Å². The van der Waals surface area contributed by atoms with Crippen LogP contribution in [0.25, 0.3) is 0 Å². The molecule has 0 rings (SSSR count). The molecule has 0 bridgehead atoms. The van der Waals surface area contributed by atoms with Crippen molar-refractivity contribution in [2.75, 3.05) is 13.2 Å². The zero-order chi connectivity index (χ0) is 63.3. The summed E-state index contributed by atoms with van der Waals surface area (Å²) in [5.41, 5.74) is 0. The highest BCUT2D eigenvalue weighted by Crippen LogP contribution is 2.19.